The molecule has 35 heavy (non-hydrogen) atoms. The van der Waals surface area contributed by atoms with Crippen molar-refractivity contribution in [1.29, 1.82) is 0 Å². The molecule has 7 nitrogen and oxygen atoms in total. The van der Waals surface area contributed by atoms with Gasteiger partial charge in [-0.3, -0.25) is 19.3 Å². The molecule has 0 unspecified atom stereocenters. The van der Waals surface area contributed by atoms with Crippen LogP contribution in [0.15, 0.2) is 51.7 Å². The molecule has 0 spiro atoms. The number of aryl methyl sites for hydroxylation is 1. The number of rotatable bonds is 7. The number of allylic oxidation sites excluding steroid dienone is 4. The SMILES string of the molecule is CC/C=C(/C(C)=C(/C)c1nc(C)cc(=O)n1C)N1CCc2ncc(/C(C=NC3CC3)=C/N)cc2C1. The second-order valence-corrected chi connectivity index (χ2v) is 9.50. The van der Waals surface area contributed by atoms with Crippen LogP contribution >= 0.6 is 0 Å². The van der Waals surface area contributed by atoms with Gasteiger partial charge >= 0.3 is 0 Å². The van der Waals surface area contributed by atoms with Crippen molar-refractivity contribution in [1.82, 2.24) is 19.4 Å². The van der Waals surface area contributed by atoms with E-state index in [0.29, 0.717) is 11.9 Å². The first-order chi connectivity index (χ1) is 16.8. The summed E-state index contributed by atoms with van der Waals surface area (Å²) in [6.07, 6.45) is 11.8. The zero-order valence-corrected chi connectivity index (χ0v) is 21.5. The molecule has 0 bridgehead atoms. The predicted molar refractivity (Wildman–Crippen MR) is 143 cm³/mol. The Balaban J connectivity index is 1.65. The Labute approximate surface area is 207 Å². The summed E-state index contributed by atoms with van der Waals surface area (Å²) in [5, 5.41) is 0. The van der Waals surface area contributed by atoms with Crippen LogP contribution in [0.3, 0.4) is 0 Å². The molecule has 1 aliphatic carbocycles. The molecule has 2 aromatic rings. The van der Waals surface area contributed by atoms with Crippen LogP contribution in [0.2, 0.25) is 0 Å². The van der Waals surface area contributed by atoms with Crippen LogP contribution in [-0.2, 0) is 20.0 Å². The van der Waals surface area contributed by atoms with Crippen LogP contribution in [0, 0.1) is 6.92 Å². The second-order valence-electron chi connectivity index (χ2n) is 9.50. The molecule has 2 aromatic heterocycles. The quantitative estimate of drug-likeness (QED) is 0.483. The summed E-state index contributed by atoms with van der Waals surface area (Å²) in [6, 6.07) is 4.22. The van der Waals surface area contributed by atoms with Gasteiger partial charge in [-0.25, -0.2) is 4.98 Å². The van der Waals surface area contributed by atoms with Crippen LogP contribution in [0.1, 0.15) is 68.4 Å². The van der Waals surface area contributed by atoms with Crippen molar-refractivity contribution in [3.8, 4) is 0 Å². The van der Waals surface area contributed by atoms with Crippen LogP contribution in [0.5, 0.6) is 0 Å². The Kier molecular flexibility index (Phi) is 7.34. The lowest BCUT2D eigenvalue weighted by Gasteiger charge is -2.33. The fraction of sp³-hybridized carbons (Fsp3) is 0.429. The van der Waals surface area contributed by atoms with Gasteiger partial charge in [-0.15, -0.1) is 0 Å². The van der Waals surface area contributed by atoms with E-state index in [1.165, 1.54) is 11.3 Å². The maximum Gasteiger partial charge on any atom is 0.253 e. The topological polar surface area (TPSA) is 89.4 Å². The van der Waals surface area contributed by atoms with Gasteiger partial charge in [-0.1, -0.05) is 13.0 Å². The van der Waals surface area contributed by atoms with Crippen LogP contribution in [0.25, 0.3) is 11.1 Å². The molecule has 0 atom stereocenters. The predicted octanol–water partition coefficient (Wildman–Crippen LogP) is 4.16. The van der Waals surface area contributed by atoms with Crippen molar-refractivity contribution in [2.75, 3.05) is 6.54 Å². The third-order valence-corrected chi connectivity index (χ3v) is 6.81. The van der Waals surface area contributed by atoms with Crippen molar-refractivity contribution in [3.05, 3.63) is 80.6 Å². The lowest BCUT2D eigenvalue weighted by atomic mass is 9.98. The monoisotopic (exact) mass is 472 g/mol. The number of aliphatic imine (C=N–C) groups is 1. The van der Waals surface area contributed by atoms with Gasteiger partial charge in [0.05, 0.1) is 6.04 Å². The minimum atomic E-state index is -0.0415. The molecule has 0 aromatic carbocycles. The molecular weight excluding hydrogens is 436 g/mol. The van der Waals surface area contributed by atoms with E-state index in [9.17, 15) is 4.79 Å². The average Bonchev–Trinajstić information content (AvgIpc) is 3.68. The molecule has 1 saturated carbocycles. The van der Waals surface area contributed by atoms with E-state index in [0.717, 1.165) is 72.4 Å². The number of hydrogen-bond donors (Lipinski definition) is 1. The number of pyridine rings is 1. The highest BCUT2D eigenvalue weighted by Gasteiger charge is 2.23. The van der Waals surface area contributed by atoms with Gasteiger partial charge in [0.2, 0.25) is 0 Å². The van der Waals surface area contributed by atoms with E-state index < -0.39 is 0 Å². The first-order valence-corrected chi connectivity index (χ1v) is 12.4. The molecule has 0 radical (unpaired) electrons. The molecule has 1 aliphatic heterocycles. The Morgan fingerprint density at radius 1 is 1.29 bits per heavy atom. The Bertz CT molecular complexity index is 1290. The molecule has 3 heterocycles. The van der Waals surface area contributed by atoms with Crippen LogP contribution in [-0.4, -0.2) is 38.2 Å². The Hall–Kier alpha value is -3.48. The number of nitrogens with two attached hydrogens (primary N) is 1. The fourth-order valence-corrected chi connectivity index (χ4v) is 4.47. The Morgan fingerprint density at radius 3 is 2.74 bits per heavy atom. The minimum Gasteiger partial charge on any atom is -0.404 e. The van der Waals surface area contributed by atoms with Gasteiger partial charge in [-0.2, -0.15) is 0 Å². The van der Waals surface area contributed by atoms with Crippen molar-refractivity contribution in [2.24, 2.45) is 17.8 Å². The van der Waals surface area contributed by atoms with E-state index in [1.54, 1.807) is 23.9 Å². The first kappa shape index (κ1) is 24.6. The van der Waals surface area contributed by atoms with E-state index in [2.05, 4.69) is 47.8 Å². The van der Waals surface area contributed by atoms with Crippen molar-refractivity contribution >= 4 is 17.4 Å². The summed E-state index contributed by atoms with van der Waals surface area (Å²) in [7, 11) is 1.78. The maximum absolute atomic E-state index is 12.4. The summed E-state index contributed by atoms with van der Waals surface area (Å²) < 4.78 is 1.63. The molecule has 1 fully saturated rings. The van der Waals surface area contributed by atoms with Gasteiger partial charge in [0.1, 0.15) is 5.82 Å². The van der Waals surface area contributed by atoms with Gasteiger partial charge in [0.25, 0.3) is 5.56 Å². The van der Waals surface area contributed by atoms with Crippen LogP contribution < -0.4 is 11.3 Å². The van der Waals surface area contributed by atoms with E-state index in [4.69, 9.17) is 10.7 Å². The van der Waals surface area contributed by atoms with Crippen molar-refractivity contribution in [2.45, 2.75) is 66.0 Å². The number of aromatic nitrogens is 3. The van der Waals surface area contributed by atoms with Crippen LogP contribution in [0.4, 0.5) is 0 Å². The second kappa shape index (κ2) is 10.4. The van der Waals surface area contributed by atoms with Gasteiger partial charge in [-0.05, 0) is 62.8 Å². The highest BCUT2D eigenvalue weighted by Crippen LogP contribution is 2.30. The molecule has 7 heteroatoms. The largest absolute Gasteiger partial charge is 0.404 e. The molecule has 0 amide bonds. The molecular formula is C28H36N6O. The van der Waals surface area contributed by atoms with E-state index in [1.807, 2.05) is 19.3 Å². The summed E-state index contributed by atoms with van der Waals surface area (Å²) in [5.74, 6) is 0.712. The normalized spacial score (nSPS) is 17.6. The van der Waals surface area contributed by atoms with E-state index >= 15 is 0 Å². The van der Waals surface area contributed by atoms with Crippen molar-refractivity contribution in [3.63, 3.8) is 0 Å². The number of nitrogens with zero attached hydrogens (tertiary/aromatic N) is 5. The molecule has 2 aliphatic rings. The lowest BCUT2D eigenvalue weighted by molar-refractivity contribution is 0.324. The lowest BCUT2D eigenvalue weighted by Crippen LogP contribution is -2.31. The molecule has 4 rings (SSSR count). The Morgan fingerprint density at radius 2 is 2.06 bits per heavy atom. The maximum atomic E-state index is 12.4. The smallest absolute Gasteiger partial charge is 0.253 e. The zero-order chi connectivity index (χ0) is 25.1. The van der Waals surface area contributed by atoms with Gasteiger partial charge < -0.3 is 10.6 Å². The molecule has 2 N–H and O–H groups in total. The number of fused-ring (bicyclic) bond motifs is 1. The molecule has 0 saturated heterocycles. The fourth-order valence-electron chi connectivity index (χ4n) is 4.47. The summed E-state index contributed by atoms with van der Waals surface area (Å²) in [5.41, 5.74) is 14.2. The average molecular weight is 473 g/mol. The van der Waals surface area contributed by atoms with Gasteiger partial charge in [0.15, 0.2) is 0 Å². The minimum absolute atomic E-state index is 0.0415. The summed E-state index contributed by atoms with van der Waals surface area (Å²) >= 11 is 0. The third-order valence-electron chi connectivity index (χ3n) is 6.81. The number of hydrogen-bond acceptors (Lipinski definition) is 6. The first-order valence-electron chi connectivity index (χ1n) is 12.4. The van der Waals surface area contributed by atoms with Crippen molar-refractivity contribution < 1.29 is 0 Å². The summed E-state index contributed by atoms with van der Waals surface area (Å²) in [6.45, 7) is 9.84. The highest BCUT2D eigenvalue weighted by atomic mass is 16.1. The standard InChI is InChI=1S/C28H36N6O/c1-6-7-26(19(3)20(4)28-32-18(2)12-27(35)33(28)5)34-11-10-25-22(17-34)13-21(15-31-25)23(14-29)16-30-24-8-9-24/h7,12-16,24H,6,8-11,17,29H2,1-5H3/b20-19-,23-14+,26-7-,30-16?. The third kappa shape index (κ3) is 5.45. The van der Waals surface area contributed by atoms with Gasteiger partial charge in [0, 0.05) is 79.5 Å². The summed E-state index contributed by atoms with van der Waals surface area (Å²) in [4.78, 5) is 28.8. The molecule has 184 valence electrons. The zero-order valence-electron chi connectivity index (χ0n) is 21.5. The highest BCUT2D eigenvalue weighted by molar-refractivity contribution is 6.09. The van der Waals surface area contributed by atoms with E-state index in [-0.39, 0.29) is 5.56 Å².